The first-order valence-electron chi connectivity index (χ1n) is 6.18. The van der Waals surface area contributed by atoms with Crippen molar-refractivity contribution in [1.29, 1.82) is 0 Å². The molecule has 0 unspecified atom stereocenters. The number of nitrogen functional groups attached to an aromatic ring is 1. The van der Waals surface area contributed by atoms with E-state index < -0.39 is 40.8 Å². The molecule has 0 aliphatic heterocycles. The van der Waals surface area contributed by atoms with Crippen molar-refractivity contribution >= 4 is 53.5 Å². The first-order chi connectivity index (χ1) is 11.6. The van der Waals surface area contributed by atoms with Crippen molar-refractivity contribution < 1.29 is 35.1 Å². The molecule has 0 heterocycles. The second-order valence-electron chi connectivity index (χ2n) is 4.59. The Bertz CT molecular complexity index is 735. The number of halogens is 11. The van der Waals surface area contributed by atoms with E-state index in [1.165, 1.54) is 0 Å². The molecule has 0 saturated carbocycles. The highest BCUT2D eigenvalue weighted by Gasteiger charge is 2.35. The van der Waals surface area contributed by atoms with Crippen LogP contribution in [0.1, 0.15) is 11.1 Å². The average molecular weight is 580 g/mol. The van der Waals surface area contributed by atoms with Crippen LogP contribution in [0, 0.1) is 11.6 Å². The SMILES string of the molecule is Fc1cc(Br)c(Br)c(C(F)(F)F)c1.Nc1c(Br)cc(F)cc1C(F)(F)F. The summed E-state index contributed by atoms with van der Waals surface area (Å²) in [6, 6.07) is 2.64. The van der Waals surface area contributed by atoms with Crippen LogP contribution < -0.4 is 5.73 Å². The number of anilines is 1. The van der Waals surface area contributed by atoms with Gasteiger partial charge in [-0.2, -0.15) is 26.3 Å². The summed E-state index contributed by atoms with van der Waals surface area (Å²) < 4.78 is 97.9. The summed E-state index contributed by atoms with van der Waals surface area (Å²) >= 11 is 8.24. The Morgan fingerprint density at radius 3 is 1.46 bits per heavy atom. The lowest BCUT2D eigenvalue weighted by Gasteiger charge is -2.10. The fourth-order valence-electron chi connectivity index (χ4n) is 1.58. The van der Waals surface area contributed by atoms with Gasteiger partial charge in [0.2, 0.25) is 0 Å². The summed E-state index contributed by atoms with van der Waals surface area (Å²) in [6.07, 6.45) is -9.18. The number of alkyl halides is 6. The summed E-state index contributed by atoms with van der Waals surface area (Å²) in [4.78, 5) is 0. The van der Waals surface area contributed by atoms with Gasteiger partial charge in [-0.15, -0.1) is 0 Å². The maximum Gasteiger partial charge on any atom is 0.418 e. The van der Waals surface area contributed by atoms with Gasteiger partial charge in [0.25, 0.3) is 0 Å². The predicted octanol–water partition coefficient (Wildman–Crippen LogP) is 7.56. The van der Waals surface area contributed by atoms with E-state index in [1.807, 2.05) is 0 Å². The molecule has 0 aromatic heterocycles. The molecule has 2 aromatic rings. The minimum absolute atomic E-state index is 0.0415. The van der Waals surface area contributed by atoms with Gasteiger partial charge in [0.1, 0.15) is 11.6 Å². The highest BCUT2D eigenvalue weighted by atomic mass is 79.9. The number of hydrogen-bond donors (Lipinski definition) is 1. The third-order valence-electron chi connectivity index (χ3n) is 2.70. The Balaban J connectivity index is 0.000000260. The van der Waals surface area contributed by atoms with Gasteiger partial charge in [-0.25, -0.2) is 8.78 Å². The molecule has 2 aromatic carbocycles. The quantitative estimate of drug-likeness (QED) is 0.195. The molecule has 1 nitrogen and oxygen atoms in total. The molecule has 0 saturated heterocycles. The highest BCUT2D eigenvalue weighted by molar-refractivity contribution is 9.13. The minimum atomic E-state index is -4.63. The van der Waals surface area contributed by atoms with Gasteiger partial charge < -0.3 is 5.73 Å². The third-order valence-corrected chi connectivity index (χ3v) is 5.37. The van der Waals surface area contributed by atoms with E-state index in [0.717, 1.165) is 12.1 Å². The second-order valence-corrected chi connectivity index (χ2v) is 7.10. The molecule has 2 N–H and O–H groups in total. The van der Waals surface area contributed by atoms with E-state index in [4.69, 9.17) is 5.73 Å². The highest BCUT2D eigenvalue weighted by Crippen LogP contribution is 2.39. The average Bonchev–Trinajstić information content (AvgIpc) is 2.45. The van der Waals surface area contributed by atoms with Crippen LogP contribution >= 0.6 is 47.8 Å². The van der Waals surface area contributed by atoms with E-state index in [2.05, 4.69) is 47.8 Å². The van der Waals surface area contributed by atoms with Crippen LogP contribution in [0.3, 0.4) is 0 Å². The molecule has 0 radical (unpaired) electrons. The summed E-state index contributed by atoms with van der Waals surface area (Å²) in [5, 5.41) is 0. The molecule has 0 bridgehead atoms. The number of benzene rings is 2. The topological polar surface area (TPSA) is 26.0 Å². The van der Waals surface area contributed by atoms with E-state index >= 15 is 0 Å². The molecule has 0 amide bonds. The van der Waals surface area contributed by atoms with Crippen LogP contribution in [0.25, 0.3) is 0 Å². The number of rotatable bonds is 0. The van der Waals surface area contributed by atoms with Gasteiger partial charge in [-0.05, 0) is 72.1 Å². The van der Waals surface area contributed by atoms with Crippen LogP contribution in [0.5, 0.6) is 0 Å². The van der Waals surface area contributed by atoms with Crippen molar-refractivity contribution in [3.05, 3.63) is 60.4 Å². The van der Waals surface area contributed by atoms with Gasteiger partial charge in [-0.1, -0.05) is 0 Å². The Morgan fingerprint density at radius 2 is 1.04 bits per heavy atom. The monoisotopic (exact) mass is 577 g/mol. The summed E-state index contributed by atoms with van der Waals surface area (Å²) in [5.41, 5.74) is 2.40. The fraction of sp³-hybridized carbons (Fsp3) is 0.143. The Kier molecular flexibility index (Phi) is 7.50. The molecule has 12 heteroatoms. The molecule has 0 atom stereocenters. The van der Waals surface area contributed by atoms with Gasteiger partial charge in [0.05, 0.1) is 16.8 Å². The van der Waals surface area contributed by atoms with Crippen molar-refractivity contribution in [3.63, 3.8) is 0 Å². The van der Waals surface area contributed by atoms with Gasteiger partial charge in [-0.3, -0.25) is 0 Å². The molecule has 0 spiro atoms. The predicted molar refractivity (Wildman–Crippen MR) is 90.3 cm³/mol. The number of hydrogen-bond acceptors (Lipinski definition) is 1. The first kappa shape index (κ1) is 23.2. The van der Waals surface area contributed by atoms with Crippen molar-refractivity contribution in [1.82, 2.24) is 0 Å². The molecular weight excluding hydrogens is 574 g/mol. The smallest absolute Gasteiger partial charge is 0.397 e. The number of nitrogens with two attached hydrogens (primary N) is 1. The van der Waals surface area contributed by atoms with Crippen LogP contribution in [-0.4, -0.2) is 0 Å². The zero-order valence-corrected chi connectivity index (χ0v) is 16.8. The fourth-order valence-corrected chi connectivity index (χ4v) is 2.90. The van der Waals surface area contributed by atoms with Crippen LogP contribution in [-0.2, 0) is 12.4 Å². The first-order valence-corrected chi connectivity index (χ1v) is 8.56. The van der Waals surface area contributed by atoms with Gasteiger partial charge in [0, 0.05) is 13.4 Å². The molecule has 26 heavy (non-hydrogen) atoms. The Labute approximate surface area is 166 Å². The zero-order chi connectivity index (χ0) is 20.4. The lowest BCUT2D eigenvalue weighted by molar-refractivity contribution is -0.138. The van der Waals surface area contributed by atoms with E-state index in [0.29, 0.717) is 12.1 Å². The molecule has 0 aliphatic rings. The Morgan fingerprint density at radius 1 is 0.654 bits per heavy atom. The van der Waals surface area contributed by atoms with Crippen LogP contribution in [0.15, 0.2) is 37.7 Å². The summed E-state index contributed by atoms with van der Waals surface area (Å²) in [6.45, 7) is 0. The third kappa shape index (κ3) is 6.08. The minimum Gasteiger partial charge on any atom is -0.397 e. The van der Waals surface area contributed by atoms with Gasteiger partial charge >= 0.3 is 12.4 Å². The van der Waals surface area contributed by atoms with Crippen molar-refractivity contribution in [2.75, 3.05) is 5.73 Å². The molecule has 0 fully saturated rings. The Hall–Kier alpha value is -0.880. The second kappa shape index (κ2) is 8.42. The van der Waals surface area contributed by atoms with Crippen molar-refractivity contribution in [2.24, 2.45) is 0 Å². The zero-order valence-electron chi connectivity index (χ0n) is 12.0. The molecular formula is C14H6Br3F8N. The molecule has 0 aliphatic carbocycles. The summed E-state index contributed by atoms with van der Waals surface area (Å²) in [7, 11) is 0. The van der Waals surface area contributed by atoms with Crippen LogP contribution in [0.2, 0.25) is 0 Å². The standard InChI is InChI=1S/C7H2Br2F4.C7H4BrF4N/c8-5-2-3(10)1-4(6(5)9)7(11,12)13;8-5-2-3(9)1-4(6(5)13)7(10,11)12/h1-2H;1-2H,13H2. The van der Waals surface area contributed by atoms with Crippen molar-refractivity contribution in [3.8, 4) is 0 Å². The van der Waals surface area contributed by atoms with Crippen molar-refractivity contribution in [2.45, 2.75) is 12.4 Å². The maximum absolute atomic E-state index is 12.6. The summed E-state index contributed by atoms with van der Waals surface area (Å²) in [5.74, 6) is -1.91. The van der Waals surface area contributed by atoms with Gasteiger partial charge in [0.15, 0.2) is 0 Å². The maximum atomic E-state index is 12.6. The normalized spacial score (nSPS) is 11.8. The lowest BCUT2D eigenvalue weighted by atomic mass is 10.2. The van der Waals surface area contributed by atoms with E-state index in [1.54, 1.807) is 0 Å². The largest absolute Gasteiger partial charge is 0.418 e. The lowest BCUT2D eigenvalue weighted by Crippen LogP contribution is -2.09. The molecule has 144 valence electrons. The van der Waals surface area contributed by atoms with E-state index in [9.17, 15) is 35.1 Å². The van der Waals surface area contributed by atoms with E-state index in [-0.39, 0.29) is 13.4 Å². The molecule has 2 rings (SSSR count). The van der Waals surface area contributed by atoms with Crippen LogP contribution in [0.4, 0.5) is 40.8 Å².